The van der Waals surface area contributed by atoms with E-state index >= 15 is 0 Å². The Balaban J connectivity index is 2.56. The Morgan fingerprint density at radius 1 is 1.42 bits per heavy atom. The van der Waals surface area contributed by atoms with Gasteiger partial charge in [0.1, 0.15) is 6.10 Å². The first-order valence-electron chi connectivity index (χ1n) is 6.22. The molecule has 0 heterocycles. The number of rotatable bonds is 8. The number of ether oxygens (including phenoxy) is 2. The number of carbonyl (C=O) groups is 1. The summed E-state index contributed by atoms with van der Waals surface area (Å²) in [5.74, 6) is 0.0668. The lowest BCUT2D eigenvalue weighted by molar-refractivity contribution is -0.127. The van der Waals surface area contributed by atoms with Crippen molar-refractivity contribution in [1.29, 1.82) is 0 Å². The molecule has 1 atom stereocenters. The zero-order valence-corrected chi connectivity index (χ0v) is 11.3. The minimum absolute atomic E-state index is 0.0237. The molecule has 0 saturated heterocycles. The Morgan fingerprint density at radius 2 is 2.16 bits per heavy atom. The predicted molar refractivity (Wildman–Crippen MR) is 70.5 cm³/mol. The minimum atomic E-state index is -1.02. The van der Waals surface area contributed by atoms with Crippen molar-refractivity contribution in [2.24, 2.45) is 0 Å². The van der Waals surface area contributed by atoms with Gasteiger partial charge in [-0.3, -0.25) is 4.79 Å². The van der Waals surface area contributed by atoms with Crippen LogP contribution in [0.4, 0.5) is 0 Å². The summed E-state index contributed by atoms with van der Waals surface area (Å²) in [5.41, 5.74) is 0.690. The first-order valence-corrected chi connectivity index (χ1v) is 6.22. The molecule has 1 aromatic carbocycles. The predicted octanol–water partition coefficient (Wildman–Crippen LogP) is 1.30. The number of phenolic OH excluding ortho intramolecular Hbond substituents is 1. The van der Waals surface area contributed by atoms with Crippen LogP contribution in [0, 0.1) is 0 Å². The fraction of sp³-hybridized carbons (Fsp3) is 0.500. The summed E-state index contributed by atoms with van der Waals surface area (Å²) in [6.45, 7) is 2.79. The highest BCUT2D eigenvalue weighted by molar-refractivity contribution is 5.85. The van der Waals surface area contributed by atoms with Crippen molar-refractivity contribution >= 4 is 5.78 Å². The maximum absolute atomic E-state index is 11.8. The third-order valence-electron chi connectivity index (χ3n) is 2.73. The van der Waals surface area contributed by atoms with E-state index in [1.54, 1.807) is 12.1 Å². The summed E-state index contributed by atoms with van der Waals surface area (Å²) < 4.78 is 10.1. The average Bonchev–Trinajstić information content (AvgIpc) is 2.41. The number of hydrogen-bond acceptors (Lipinski definition) is 5. The van der Waals surface area contributed by atoms with Gasteiger partial charge in [-0.2, -0.15) is 0 Å². The molecule has 2 N–H and O–H groups in total. The van der Waals surface area contributed by atoms with Gasteiger partial charge in [0.25, 0.3) is 0 Å². The number of benzene rings is 1. The Kier molecular flexibility index (Phi) is 6.32. The fourth-order valence-corrected chi connectivity index (χ4v) is 1.65. The van der Waals surface area contributed by atoms with E-state index in [2.05, 4.69) is 0 Å². The molecule has 5 nitrogen and oxygen atoms in total. The zero-order chi connectivity index (χ0) is 14.3. The van der Waals surface area contributed by atoms with Gasteiger partial charge < -0.3 is 19.7 Å². The standard InChI is InChI=1S/C14H20O5/c1-3-19-7-6-11(15)13(17)8-10-4-5-12(16)14(9-10)18-2/h4-5,9,11,15-16H,3,6-8H2,1-2H3. The van der Waals surface area contributed by atoms with Crippen LogP contribution in [-0.4, -0.2) is 42.4 Å². The summed E-state index contributed by atoms with van der Waals surface area (Å²) in [6.07, 6.45) is -0.627. The Morgan fingerprint density at radius 3 is 2.79 bits per heavy atom. The van der Waals surface area contributed by atoms with Crippen LogP contribution in [0.3, 0.4) is 0 Å². The van der Waals surface area contributed by atoms with Crippen molar-refractivity contribution < 1.29 is 24.5 Å². The van der Waals surface area contributed by atoms with Gasteiger partial charge >= 0.3 is 0 Å². The highest BCUT2D eigenvalue weighted by Gasteiger charge is 2.16. The van der Waals surface area contributed by atoms with E-state index in [1.807, 2.05) is 6.92 Å². The molecule has 19 heavy (non-hydrogen) atoms. The van der Waals surface area contributed by atoms with E-state index in [4.69, 9.17) is 9.47 Å². The van der Waals surface area contributed by atoms with E-state index in [9.17, 15) is 15.0 Å². The normalized spacial score (nSPS) is 12.2. The van der Waals surface area contributed by atoms with Gasteiger partial charge in [-0.15, -0.1) is 0 Å². The summed E-state index contributed by atoms with van der Waals surface area (Å²) >= 11 is 0. The zero-order valence-electron chi connectivity index (χ0n) is 11.3. The van der Waals surface area contributed by atoms with Gasteiger partial charge in [0.05, 0.1) is 7.11 Å². The molecule has 0 fully saturated rings. The quantitative estimate of drug-likeness (QED) is 0.695. The first kappa shape index (κ1) is 15.5. The maximum Gasteiger partial charge on any atom is 0.165 e. The number of ketones is 1. The van der Waals surface area contributed by atoms with Crippen molar-refractivity contribution in [2.75, 3.05) is 20.3 Å². The number of Topliss-reactive ketones (excluding diaryl/α,β-unsaturated/α-hetero) is 1. The van der Waals surface area contributed by atoms with E-state index < -0.39 is 6.10 Å². The lowest BCUT2D eigenvalue weighted by Gasteiger charge is -2.10. The van der Waals surface area contributed by atoms with Gasteiger partial charge in [0.15, 0.2) is 17.3 Å². The number of aliphatic hydroxyl groups is 1. The average molecular weight is 268 g/mol. The van der Waals surface area contributed by atoms with Gasteiger partial charge in [-0.25, -0.2) is 0 Å². The molecular formula is C14H20O5. The third-order valence-corrected chi connectivity index (χ3v) is 2.73. The third kappa shape index (κ3) is 4.89. The molecule has 1 unspecified atom stereocenters. The molecule has 0 aromatic heterocycles. The van der Waals surface area contributed by atoms with Crippen molar-refractivity contribution in [1.82, 2.24) is 0 Å². The second-order valence-electron chi connectivity index (χ2n) is 4.15. The molecule has 0 saturated carbocycles. The summed E-state index contributed by atoms with van der Waals surface area (Å²) in [7, 11) is 1.44. The van der Waals surface area contributed by atoms with Crippen LogP contribution in [0.25, 0.3) is 0 Å². The first-order chi connectivity index (χ1) is 9.08. The van der Waals surface area contributed by atoms with Crippen molar-refractivity contribution in [3.63, 3.8) is 0 Å². The van der Waals surface area contributed by atoms with Crippen LogP contribution in [0.2, 0.25) is 0 Å². The molecule has 0 aliphatic rings. The summed E-state index contributed by atoms with van der Waals surface area (Å²) in [4.78, 5) is 11.8. The number of hydrogen-bond donors (Lipinski definition) is 2. The molecule has 0 spiro atoms. The van der Waals surface area contributed by atoms with Gasteiger partial charge in [0.2, 0.25) is 0 Å². The number of methoxy groups -OCH3 is 1. The van der Waals surface area contributed by atoms with Gasteiger partial charge in [-0.05, 0) is 24.6 Å². The van der Waals surface area contributed by atoms with Crippen LogP contribution in [0.5, 0.6) is 11.5 Å². The molecule has 1 aromatic rings. The highest BCUT2D eigenvalue weighted by atomic mass is 16.5. The number of phenols is 1. The largest absolute Gasteiger partial charge is 0.504 e. The fourth-order valence-electron chi connectivity index (χ4n) is 1.65. The molecule has 0 amide bonds. The van der Waals surface area contributed by atoms with Crippen molar-refractivity contribution in [2.45, 2.75) is 25.9 Å². The lowest BCUT2D eigenvalue weighted by Crippen LogP contribution is -2.24. The summed E-state index contributed by atoms with van der Waals surface area (Å²) in [5, 5.41) is 19.1. The summed E-state index contributed by atoms with van der Waals surface area (Å²) in [6, 6.07) is 4.68. The van der Waals surface area contributed by atoms with Crippen LogP contribution < -0.4 is 4.74 Å². The molecule has 0 aliphatic heterocycles. The molecule has 106 valence electrons. The maximum atomic E-state index is 11.8. The topological polar surface area (TPSA) is 76.0 Å². The lowest BCUT2D eigenvalue weighted by atomic mass is 10.0. The van der Waals surface area contributed by atoms with Crippen molar-refractivity contribution in [3.05, 3.63) is 23.8 Å². The molecular weight excluding hydrogens is 248 g/mol. The molecule has 0 aliphatic carbocycles. The van der Waals surface area contributed by atoms with Crippen LogP contribution >= 0.6 is 0 Å². The second kappa shape index (κ2) is 7.76. The Hall–Kier alpha value is -1.59. The number of aliphatic hydroxyl groups excluding tert-OH is 1. The van der Waals surface area contributed by atoms with E-state index in [0.29, 0.717) is 30.9 Å². The number of aromatic hydroxyl groups is 1. The van der Waals surface area contributed by atoms with Crippen molar-refractivity contribution in [3.8, 4) is 11.5 Å². The van der Waals surface area contributed by atoms with Crippen LogP contribution in [-0.2, 0) is 16.0 Å². The minimum Gasteiger partial charge on any atom is -0.504 e. The SMILES string of the molecule is CCOCCC(O)C(=O)Cc1ccc(O)c(OC)c1. The van der Waals surface area contributed by atoms with E-state index in [0.717, 1.165) is 0 Å². The van der Waals surface area contributed by atoms with Gasteiger partial charge in [0, 0.05) is 26.1 Å². The molecule has 1 rings (SSSR count). The molecule has 0 radical (unpaired) electrons. The van der Waals surface area contributed by atoms with Gasteiger partial charge in [-0.1, -0.05) is 6.07 Å². The highest BCUT2D eigenvalue weighted by Crippen LogP contribution is 2.26. The van der Waals surface area contributed by atoms with E-state index in [1.165, 1.54) is 13.2 Å². The monoisotopic (exact) mass is 268 g/mol. The van der Waals surface area contributed by atoms with Crippen LogP contribution in [0.1, 0.15) is 18.9 Å². The van der Waals surface area contributed by atoms with Crippen LogP contribution in [0.15, 0.2) is 18.2 Å². The molecule has 5 heteroatoms. The second-order valence-corrected chi connectivity index (χ2v) is 4.15. The number of carbonyl (C=O) groups excluding carboxylic acids is 1. The van der Waals surface area contributed by atoms with E-state index in [-0.39, 0.29) is 18.0 Å². The smallest absolute Gasteiger partial charge is 0.165 e. The molecule has 0 bridgehead atoms. The Labute approximate surface area is 112 Å². The Bertz CT molecular complexity index is 416.